The van der Waals surface area contributed by atoms with E-state index in [1.54, 1.807) is 0 Å². The van der Waals surface area contributed by atoms with E-state index >= 15 is 0 Å². The maximum atomic E-state index is 8.71. The van der Waals surface area contributed by atoms with Crippen LogP contribution in [0.3, 0.4) is 0 Å². The van der Waals surface area contributed by atoms with Crippen molar-refractivity contribution in [2.45, 2.75) is 19.4 Å². The van der Waals surface area contributed by atoms with E-state index in [0.717, 1.165) is 6.42 Å². The molecule has 0 amide bonds. The smallest absolute Gasteiger partial charge is 0.100 e. The van der Waals surface area contributed by atoms with E-state index in [0.29, 0.717) is 6.61 Å². The van der Waals surface area contributed by atoms with Crippen LogP contribution in [0.5, 0.6) is 0 Å². The molecule has 0 aromatic carbocycles. The number of aliphatic hydroxyl groups excluding tert-OH is 2. The van der Waals surface area contributed by atoms with Gasteiger partial charge in [-0.2, -0.15) is 0 Å². The van der Waals surface area contributed by atoms with Crippen LogP contribution < -0.4 is 0 Å². The maximum absolute atomic E-state index is 8.71. The average Bonchev–Trinajstić information content (AvgIpc) is 1.89. The van der Waals surface area contributed by atoms with Crippen molar-refractivity contribution in [3.8, 4) is 0 Å². The van der Waals surface area contributed by atoms with Crippen LogP contribution in [0.25, 0.3) is 0 Å². The summed E-state index contributed by atoms with van der Waals surface area (Å²) >= 11 is 0. The van der Waals surface area contributed by atoms with Crippen molar-refractivity contribution in [3.05, 3.63) is 0 Å². The fourth-order valence-corrected chi connectivity index (χ4v) is 0.416. The molecule has 0 rings (SSSR count). The van der Waals surface area contributed by atoms with Gasteiger partial charge in [-0.25, -0.2) is 0 Å². The summed E-state index contributed by atoms with van der Waals surface area (Å²) in [6.07, 6.45) is 0.231. The quantitative estimate of drug-likeness (QED) is 0.533. The summed E-state index contributed by atoms with van der Waals surface area (Å²) in [5.74, 6) is 0. The van der Waals surface area contributed by atoms with Crippen LogP contribution in [-0.2, 0) is 43.7 Å². The zero-order valence-electron chi connectivity index (χ0n) is 7.12. The molecule has 0 aliphatic carbocycles. The van der Waals surface area contributed by atoms with Gasteiger partial charge < -0.3 is 14.9 Å². The first-order valence-electron chi connectivity index (χ1n) is 3.18. The zero-order chi connectivity index (χ0) is 7.11. The van der Waals surface area contributed by atoms with E-state index < -0.39 is 6.10 Å². The molecule has 5 heteroatoms. The van der Waals surface area contributed by atoms with Gasteiger partial charge >= 0.3 is 0 Å². The van der Waals surface area contributed by atoms with Crippen molar-refractivity contribution >= 4 is 0 Å². The molecule has 1 unspecified atom stereocenters. The Hall–Kier alpha value is 1.13. The molecule has 0 radical (unpaired) electrons. The molecule has 1 atom stereocenters. The van der Waals surface area contributed by atoms with Crippen molar-refractivity contribution in [2.24, 2.45) is 0 Å². The Morgan fingerprint density at radius 1 is 1.36 bits per heavy atom. The Morgan fingerprint density at radius 2 is 1.91 bits per heavy atom. The molecule has 11 heavy (non-hydrogen) atoms. The van der Waals surface area contributed by atoms with Crippen molar-refractivity contribution in [3.63, 3.8) is 0 Å². The molecule has 60 valence electrons. The van der Waals surface area contributed by atoms with E-state index in [2.05, 4.69) is 0 Å². The SMILES string of the molecule is CCCOCC(O)CO.[Zn].[Zn]. The molecule has 0 saturated carbocycles. The summed E-state index contributed by atoms with van der Waals surface area (Å²) in [5, 5.41) is 17.0. The van der Waals surface area contributed by atoms with Crippen LogP contribution in [-0.4, -0.2) is 36.1 Å². The first-order chi connectivity index (χ1) is 4.31. The van der Waals surface area contributed by atoms with Crippen molar-refractivity contribution < 1.29 is 53.9 Å². The fraction of sp³-hybridized carbons (Fsp3) is 1.00. The van der Waals surface area contributed by atoms with Gasteiger partial charge in [0.1, 0.15) is 6.10 Å². The number of hydrogen-bond donors (Lipinski definition) is 2. The molecule has 0 aliphatic rings. The first-order valence-corrected chi connectivity index (χ1v) is 3.18. The average molecular weight is 265 g/mol. The molecule has 0 bridgehead atoms. The third-order valence-electron chi connectivity index (χ3n) is 0.869. The van der Waals surface area contributed by atoms with Gasteiger partial charge in [0.2, 0.25) is 0 Å². The van der Waals surface area contributed by atoms with Crippen LogP contribution in [0, 0.1) is 0 Å². The zero-order valence-corrected chi connectivity index (χ0v) is 13.1. The molecular formula is C6H14O3Zn2. The number of aliphatic hydroxyl groups is 2. The molecule has 0 aromatic heterocycles. The molecular weight excluding hydrogens is 251 g/mol. The fourth-order valence-electron chi connectivity index (χ4n) is 0.416. The van der Waals surface area contributed by atoms with Gasteiger partial charge in [0.05, 0.1) is 13.2 Å². The summed E-state index contributed by atoms with van der Waals surface area (Å²) in [4.78, 5) is 0. The van der Waals surface area contributed by atoms with Gasteiger partial charge in [-0.05, 0) is 6.42 Å². The number of ether oxygens (including phenoxy) is 1. The predicted molar refractivity (Wildman–Crippen MR) is 34.2 cm³/mol. The predicted octanol–water partition coefficient (Wildman–Crippen LogP) is -0.239. The second-order valence-corrected chi connectivity index (χ2v) is 1.91. The minimum Gasteiger partial charge on any atom is -0.394 e. The Kier molecular flexibility index (Phi) is 22.4. The van der Waals surface area contributed by atoms with Crippen LogP contribution in [0.2, 0.25) is 0 Å². The van der Waals surface area contributed by atoms with Crippen molar-refractivity contribution in [1.29, 1.82) is 0 Å². The van der Waals surface area contributed by atoms with Crippen LogP contribution in [0.4, 0.5) is 0 Å². The van der Waals surface area contributed by atoms with E-state index in [-0.39, 0.29) is 52.2 Å². The number of rotatable bonds is 5. The summed E-state index contributed by atoms with van der Waals surface area (Å²) in [5.41, 5.74) is 0. The molecule has 0 aromatic rings. The van der Waals surface area contributed by atoms with Gasteiger partial charge in [-0.3, -0.25) is 0 Å². The van der Waals surface area contributed by atoms with Gasteiger partial charge in [0.15, 0.2) is 0 Å². The Bertz CT molecular complexity index is 63.8. The summed E-state index contributed by atoms with van der Waals surface area (Å²) in [6.45, 7) is 2.66. The molecule has 0 spiro atoms. The summed E-state index contributed by atoms with van der Waals surface area (Å²) in [6, 6.07) is 0. The molecule has 0 aliphatic heterocycles. The maximum Gasteiger partial charge on any atom is 0.100 e. The largest absolute Gasteiger partial charge is 0.394 e. The minimum absolute atomic E-state index is 0. The standard InChI is InChI=1S/C6H14O3.2Zn/c1-2-3-9-5-6(8)4-7;;/h6-8H,2-5H2,1H3;;. The minimum atomic E-state index is -0.712. The first kappa shape index (κ1) is 18.0. The van der Waals surface area contributed by atoms with Gasteiger partial charge in [0, 0.05) is 45.6 Å². The molecule has 0 heterocycles. The number of hydrogen-bond acceptors (Lipinski definition) is 3. The Balaban J connectivity index is -0.000000320. The Morgan fingerprint density at radius 3 is 2.27 bits per heavy atom. The second kappa shape index (κ2) is 13.7. The summed E-state index contributed by atoms with van der Waals surface area (Å²) < 4.78 is 4.93. The van der Waals surface area contributed by atoms with Crippen LogP contribution in [0.15, 0.2) is 0 Å². The van der Waals surface area contributed by atoms with Gasteiger partial charge in [-0.1, -0.05) is 6.92 Å². The Labute approximate surface area is 93.0 Å². The molecule has 3 nitrogen and oxygen atoms in total. The topological polar surface area (TPSA) is 49.7 Å². The molecule has 0 fully saturated rings. The van der Waals surface area contributed by atoms with E-state index in [1.807, 2.05) is 6.92 Å². The van der Waals surface area contributed by atoms with Crippen molar-refractivity contribution in [1.82, 2.24) is 0 Å². The van der Waals surface area contributed by atoms with Gasteiger partial charge in [0.25, 0.3) is 0 Å². The van der Waals surface area contributed by atoms with Crippen LogP contribution in [0.1, 0.15) is 13.3 Å². The monoisotopic (exact) mass is 262 g/mol. The van der Waals surface area contributed by atoms with Crippen molar-refractivity contribution in [2.75, 3.05) is 19.8 Å². The van der Waals surface area contributed by atoms with E-state index in [1.165, 1.54) is 0 Å². The summed E-state index contributed by atoms with van der Waals surface area (Å²) in [7, 11) is 0. The third-order valence-corrected chi connectivity index (χ3v) is 0.869. The van der Waals surface area contributed by atoms with E-state index in [4.69, 9.17) is 14.9 Å². The van der Waals surface area contributed by atoms with Gasteiger partial charge in [-0.15, -0.1) is 0 Å². The normalized spacial score (nSPS) is 11.2. The molecule has 2 N–H and O–H groups in total. The second-order valence-electron chi connectivity index (χ2n) is 1.91. The van der Waals surface area contributed by atoms with Crippen LogP contribution >= 0.6 is 0 Å². The third kappa shape index (κ3) is 14.0. The van der Waals surface area contributed by atoms with E-state index in [9.17, 15) is 0 Å². The molecule has 0 saturated heterocycles.